The third-order valence-corrected chi connectivity index (χ3v) is 2.62. The summed E-state index contributed by atoms with van der Waals surface area (Å²) in [6, 6.07) is 0. The van der Waals surface area contributed by atoms with Gasteiger partial charge in [-0.25, -0.2) is 0 Å². The Balaban J connectivity index is -0.0000000407. The number of rotatable bonds is 8. The molecular formula is C15H36BBrO2V. The summed E-state index contributed by atoms with van der Waals surface area (Å²) in [6.45, 7) is 11.4. The van der Waals surface area contributed by atoms with E-state index in [0.29, 0.717) is 12.7 Å². The van der Waals surface area contributed by atoms with Crippen LogP contribution >= 0.6 is 15.9 Å². The van der Waals surface area contributed by atoms with Gasteiger partial charge in [-0.15, -0.1) is 13.2 Å². The molecule has 0 aliphatic rings. The van der Waals surface area contributed by atoms with E-state index in [-0.39, 0.29) is 26.0 Å². The zero-order chi connectivity index (χ0) is 16.6. The van der Waals surface area contributed by atoms with Crippen LogP contribution in [0.5, 0.6) is 0 Å². The molecule has 0 aliphatic heterocycles. The van der Waals surface area contributed by atoms with E-state index >= 15 is 0 Å². The van der Waals surface area contributed by atoms with Gasteiger partial charge in [0.15, 0.2) is 0 Å². The van der Waals surface area contributed by atoms with Crippen LogP contribution in [0.3, 0.4) is 0 Å². The first-order valence-corrected chi connectivity index (χ1v) is 7.86. The second kappa shape index (κ2) is 36.6. The molecule has 5 heteroatoms. The smallest absolute Gasteiger partial charge is 0.427 e. The number of alkyl halides is 1. The van der Waals surface area contributed by atoms with Crippen LogP contribution in [-0.2, 0) is 18.6 Å². The van der Waals surface area contributed by atoms with Crippen LogP contribution in [0, 0.1) is 0 Å². The normalized spacial score (nSPS) is 7.85. The molecule has 0 aromatic rings. The van der Waals surface area contributed by atoms with Gasteiger partial charge < -0.3 is 10.0 Å². The van der Waals surface area contributed by atoms with E-state index in [4.69, 9.17) is 13.0 Å². The van der Waals surface area contributed by atoms with Gasteiger partial charge in [0, 0.05) is 26.9 Å². The predicted octanol–water partition coefficient (Wildman–Crippen LogP) is 5.46. The van der Waals surface area contributed by atoms with E-state index in [9.17, 15) is 0 Å². The molecule has 0 saturated carbocycles. The number of hydrogen-bond donors (Lipinski definition) is 2. The fourth-order valence-corrected chi connectivity index (χ4v) is 0.806. The quantitative estimate of drug-likeness (QED) is 0.249. The first-order chi connectivity index (χ1) is 9.60. The third-order valence-electron chi connectivity index (χ3n) is 1.83. The predicted molar refractivity (Wildman–Crippen MR) is 97.1 cm³/mol. The average Bonchev–Trinajstić information content (AvgIpc) is 2.48. The standard InChI is InChI=1S/C7H14.C4H9BO2.C3H7Br.CH4.V.H2/c1-3-5-7-6-4-2;1-2-3-4-5(6)7;1-2-3-4;;;/h3H,1,4-7H2,2H3;2,6-7H,1,3-4H2;2-3H2,1H3;1H4;;1H/i;;;;;1+1D. The van der Waals surface area contributed by atoms with Crippen LogP contribution in [0.1, 0.15) is 62.8 Å². The van der Waals surface area contributed by atoms with Crippen LogP contribution in [0.25, 0.3) is 0 Å². The molecule has 20 heavy (non-hydrogen) atoms. The van der Waals surface area contributed by atoms with Crippen molar-refractivity contribution in [2.24, 2.45) is 0 Å². The Morgan fingerprint density at radius 3 is 1.75 bits per heavy atom. The molecule has 1 radical (unpaired) electrons. The van der Waals surface area contributed by atoms with E-state index in [1.165, 1.54) is 32.1 Å². The van der Waals surface area contributed by atoms with Gasteiger partial charge in [0.25, 0.3) is 0 Å². The summed E-state index contributed by atoms with van der Waals surface area (Å²) in [4.78, 5) is 0. The molecule has 0 aromatic heterocycles. The molecule has 0 aromatic carbocycles. The molecule has 0 bridgehead atoms. The van der Waals surface area contributed by atoms with Gasteiger partial charge in [0.2, 0.25) is 0 Å². The Morgan fingerprint density at radius 1 is 1.10 bits per heavy atom. The van der Waals surface area contributed by atoms with E-state index in [1.807, 2.05) is 6.08 Å². The summed E-state index contributed by atoms with van der Waals surface area (Å²) < 4.78 is 10.0. The summed E-state index contributed by atoms with van der Waals surface area (Å²) in [7, 11) is -1.17. The van der Waals surface area contributed by atoms with Crippen molar-refractivity contribution in [2.45, 2.75) is 66.1 Å². The molecule has 0 unspecified atom stereocenters. The van der Waals surface area contributed by atoms with Crippen molar-refractivity contribution in [3.05, 3.63) is 25.3 Å². The molecule has 0 atom stereocenters. The van der Waals surface area contributed by atoms with Gasteiger partial charge in [0.1, 0.15) is 0 Å². The fraction of sp³-hybridized carbons (Fsp3) is 0.733. The van der Waals surface area contributed by atoms with Gasteiger partial charge in [-0.3, -0.25) is 0 Å². The molecule has 0 rings (SSSR count). The van der Waals surface area contributed by atoms with Crippen molar-refractivity contribution in [3.63, 3.8) is 0 Å². The Kier molecular flexibility index (Phi) is 52.5. The first kappa shape index (κ1) is 28.7. The molecule has 123 valence electrons. The van der Waals surface area contributed by atoms with Gasteiger partial charge in [-0.1, -0.05) is 62.2 Å². The Labute approximate surface area is 151 Å². The van der Waals surface area contributed by atoms with Gasteiger partial charge in [-0.2, -0.15) is 0 Å². The van der Waals surface area contributed by atoms with Gasteiger partial charge >= 0.3 is 7.12 Å². The van der Waals surface area contributed by atoms with Crippen molar-refractivity contribution < 1.29 is 31.6 Å². The van der Waals surface area contributed by atoms with Crippen LogP contribution in [0.4, 0.5) is 0 Å². The number of allylic oxidation sites excluding steroid dienone is 2. The Morgan fingerprint density at radius 2 is 1.55 bits per heavy atom. The molecule has 0 aliphatic carbocycles. The number of halogens is 1. The maximum absolute atomic E-state index is 8.19. The van der Waals surface area contributed by atoms with Crippen LogP contribution in [0.2, 0.25) is 6.32 Å². The van der Waals surface area contributed by atoms with E-state index in [1.54, 1.807) is 6.08 Å². The summed E-state index contributed by atoms with van der Waals surface area (Å²) in [5.74, 6) is 0. The zero-order valence-electron chi connectivity index (χ0n) is 14.5. The SMILES string of the molecule is C.C=CCCB(O)O.C=CCCCCC.CCCBr.[2H][2H].[V]. The molecule has 0 saturated heterocycles. The van der Waals surface area contributed by atoms with Crippen LogP contribution in [0.15, 0.2) is 25.3 Å². The largest absolute Gasteiger partial charge is 0.451 e. The van der Waals surface area contributed by atoms with Crippen molar-refractivity contribution in [2.75, 3.05) is 5.33 Å². The van der Waals surface area contributed by atoms with E-state index in [0.717, 1.165) is 5.33 Å². The molecule has 0 fully saturated rings. The second-order valence-corrected chi connectivity index (χ2v) is 4.61. The minimum atomic E-state index is -1.17. The minimum absolute atomic E-state index is 0. The van der Waals surface area contributed by atoms with E-state index in [2.05, 4.69) is 42.9 Å². The molecule has 0 heterocycles. The number of unbranched alkanes of at least 4 members (excludes halogenated alkanes) is 3. The topological polar surface area (TPSA) is 40.5 Å². The Hall–Kier alpha value is 0.529. The molecule has 0 amide bonds. The maximum Gasteiger partial charge on any atom is 0.451 e. The Bertz CT molecular complexity index is 166. The summed E-state index contributed by atoms with van der Waals surface area (Å²) in [5.41, 5.74) is 0. The maximum atomic E-state index is 8.19. The van der Waals surface area contributed by atoms with Gasteiger partial charge in [-0.05, 0) is 32.0 Å². The van der Waals surface area contributed by atoms with E-state index < -0.39 is 7.12 Å². The van der Waals surface area contributed by atoms with Crippen LogP contribution < -0.4 is 0 Å². The molecule has 2 nitrogen and oxygen atoms in total. The van der Waals surface area contributed by atoms with Gasteiger partial charge in [0.05, 0.1) is 0 Å². The summed E-state index contributed by atoms with van der Waals surface area (Å²) in [5, 5.41) is 17.5. The summed E-state index contributed by atoms with van der Waals surface area (Å²) in [6.07, 6.45) is 11.1. The van der Waals surface area contributed by atoms with Crippen molar-refractivity contribution in [3.8, 4) is 0 Å². The molecular weight excluding hydrogens is 354 g/mol. The molecule has 0 spiro atoms. The average molecular weight is 392 g/mol. The minimum Gasteiger partial charge on any atom is -0.427 e. The number of hydrogen-bond acceptors (Lipinski definition) is 2. The zero-order valence-corrected chi connectivity index (χ0v) is 15.5. The molecule has 2 N–H and O–H groups in total. The van der Waals surface area contributed by atoms with Crippen molar-refractivity contribution >= 4 is 23.0 Å². The van der Waals surface area contributed by atoms with Crippen molar-refractivity contribution in [1.82, 2.24) is 0 Å². The monoisotopic (exact) mass is 391 g/mol. The first-order valence-electron chi connectivity index (χ1n) is 7.74. The third kappa shape index (κ3) is 62.7. The van der Waals surface area contributed by atoms with Crippen molar-refractivity contribution in [1.29, 1.82) is 0 Å². The van der Waals surface area contributed by atoms with Crippen LogP contribution in [-0.4, -0.2) is 22.5 Å². The fourth-order valence-electron chi connectivity index (χ4n) is 0.806. The second-order valence-electron chi connectivity index (χ2n) is 3.82. The summed E-state index contributed by atoms with van der Waals surface area (Å²) >= 11 is 3.25.